The van der Waals surface area contributed by atoms with Gasteiger partial charge in [-0.25, -0.2) is 9.59 Å². The number of rotatable bonds is 6. The topological polar surface area (TPSA) is 100 Å². The molecule has 2 amide bonds. The van der Waals surface area contributed by atoms with Crippen LogP contribution in [0.2, 0.25) is 0 Å². The minimum atomic E-state index is -1.11. The molecule has 0 radical (unpaired) electrons. The maximum absolute atomic E-state index is 11.5. The van der Waals surface area contributed by atoms with Crippen LogP contribution in [-0.4, -0.2) is 81.2 Å². The maximum Gasteiger partial charge on any atom is 0.334 e. The van der Waals surface area contributed by atoms with Gasteiger partial charge < -0.3 is 30.1 Å². The van der Waals surface area contributed by atoms with Gasteiger partial charge in [-0.15, -0.1) is 0 Å². The van der Waals surface area contributed by atoms with Crippen molar-refractivity contribution in [1.29, 1.82) is 0 Å². The van der Waals surface area contributed by atoms with E-state index in [9.17, 15) is 9.59 Å². The maximum atomic E-state index is 11.5. The third-order valence-corrected chi connectivity index (χ3v) is 2.84. The van der Waals surface area contributed by atoms with Gasteiger partial charge in [0.05, 0.1) is 19.3 Å². The molecule has 0 saturated carbocycles. The molecule has 8 heteroatoms. The lowest BCUT2D eigenvalue weighted by molar-refractivity contribution is -0.147. The third kappa shape index (κ3) is 5.86. The molecule has 1 rings (SSSR count). The Morgan fingerprint density at radius 1 is 1.53 bits per heavy atom. The van der Waals surface area contributed by atoms with Crippen LogP contribution in [0.3, 0.4) is 0 Å². The largest absolute Gasteiger partial charge is 0.479 e. The fraction of sp³-hybridized carbons (Fsp3) is 0.818. The summed E-state index contributed by atoms with van der Waals surface area (Å²) in [6.07, 6.45) is -1.08. The van der Waals surface area contributed by atoms with Crippen LogP contribution in [0.4, 0.5) is 4.79 Å². The summed E-state index contributed by atoms with van der Waals surface area (Å²) in [7, 11) is 3.27. The van der Waals surface area contributed by atoms with E-state index in [0.717, 1.165) is 13.1 Å². The number of carbonyl (C=O) groups is 2. The number of hydrogen-bond acceptors (Lipinski definition) is 5. The van der Waals surface area contributed by atoms with Gasteiger partial charge in [-0.05, 0) is 7.05 Å². The molecule has 19 heavy (non-hydrogen) atoms. The van der Waals surface area contributed by atoms with Gasteiger partial charge in [0.15, 0.2) is 6.10 Å². The molecule has 0 bridgehead atoms. The lowest BCUT2D eigenvalue weighted by Gasteiger charge is -2.30. The normalized spacial score (nSPS) is 21.7. The van der Waals surface area contributed by atoms with Crippen LogP contribution in [0.15, 0.2) is 0 Å². The fourth-order valence-electron chi connectivity index (χ4n) is 1.72. The number of ether oxygens (including phenoxy) is 2. The minimum Gasteiger partial charge on any atom is -0.479 e. The Morgan fingerprint density at radius 2 is 2.26 bits per heavy atom. The number of hydrogen-bond donors (Lipinski definition) is 3. The van der Waals surface area contributed by atoms with Crippen LogP contribution < -0.4 is 10.6 Å². The summed E-state index contributed by atoms with van der Waals surface area (Å²) in [5.74, 6) is -1.11. The zero-order valence-corrected chi connectivity index (χ0v) is 11.2. The van der Waals surface area contributed by atoms with Crippen molar-refractivity contribution in [3.05, 3.63) is 0 Å². The lowest BCUT2D eigenvalue weighted by atomic mass is 10.3. The summed E-state index contributed by atoms with van der Waals surface area (Å²) in [6, 6.07) is -0.430. The Bertz CT molecular complexity index is 313. The monoisotopic (exact) mass is 275 g/mol. The molecule has 8 nitrogen and oxygen atoms in total. The van der Waals surface area contributed by atoms with Gasteiger partial charge in [-0.1, -0.05) is 0 Å². The van der Waals surface area contributed by atoms with E-state index >= 15 is 0 Å². The standard InChI is InChI=1S/C11H21N3O5/c1-14-3-4-19-8(7-14)5-12-11(17)13-6-9(18-2)10(15)16/h8-9H,3-7H2,1-2H3,(H,15,16)(H2,12,13,17). The molecule has 0 aromatic heterocycles. The van der Waals surface area contributed by atoms with Crippen molar-refractivity contribution in [1.82, 2.24) is 15.5 Å². The molecule has 1 fully saturated rings. The van der Waals surface area contributed by atoms with Crippen molar-refractivity contribution in [2.24, 2.45) is 0 Å². The van der Waals surface area contributed by atoms with Crippen LogP contribution in [0.1, 0.15) is 0 Å². The van der Waals surface area contributed by atoms with E-state index < -0.39 is 18.1 Å². The lowest BCUT2D eigenvalue weighted by Crippen LogP contribution is -2.49. The average Bonchev–Trinajstić information content (AvgIpc) is 2.37. The molecule has 1 aliphatic rings. The first-order valence-electron chi connectivity index (χ1n) is 6.10. The molecule has 2 atom stereocenters. The summed E-state index contributed by atoms with van der Waals surface area (Å²) < 4.78 is 10.2. The third-order valence-electron chi connectivity index (χ3n) is 2.84. The van der Waals surface area contributed by atoms with Crippen LogP contribution >= 0.6 is 0 Å². The van der Waals surface area contributed by atoms with Gasteiger partial charge in [-0.3, -0.25) is 0 Å². The highest BCUT2D eigenvalue weighted by Crippen LogP contribution is 2.01. The van der Waals surface area contributed by atoms with Crippen molar-refractivity contribution in [3.63, 3.8) is 0 Å². The predicted molar refractivity (Wildman–Crippen MR) is 67.1 cm³/mol. The van der Waals surface area contributed by atoms with Crippen molar-refractivity contribution in [3.8, 4) is 0 Å². The number of likely N-dealkylation sites (N-methyl/N-ethyl adjacent to an activating group) is 1. The number of morpholine rings is 1. The van der Waals surface area contributed by atoms with E-state index in [1.165, 1.54) is 7.11 Å². The molecule has 1 saturated heterocycles. The summed E-state index contributed by atoms with van der Waals surface area (Å²) >= 11 is 0. The number of amides is 2. The summed E-state index contributed by atoms with van der Waals surface area (Å²) in [5.41, 5.74) is 0. The van der Waals surface area contributed by atoms with Gasteiger partial charge >= 0.3 is 12.0 Å². The number of nitrogens with zero attached hydrogens (tertiary/aromatic N) is 1. The number of aliphatic carboxylic acids is 1. The van der Waals surface area contributed by atoms with Crippen LogP contribution in [0.25, 0.3) is 0 Å². The van der Waals surface area contributed by atoms with E-state index in [1.807, 2.05) is 7.05 Å². The highest BCUT2D eigenvalue weighted by molar-refractivity contribution is 5.76. The first kappa shape index (κ1) is 15.7. The summed E-state index contributed by atoms with van der Waals surface area (Å²) in [6.45, 7) is 2.60. The van der Waals surface area contributed by atoms with Gasteiger partial charge in [0, 0.05) is 26.7 Å². The SMILES string of the molecule is COC(CNC(=O)NCC1CN(C)CCO1)C(=O)O. The average molecular weight is 275 g/mol. The van der Waals surface area contributed by atoms with Crippen molar-refractivity contribution in [2.45, 2.75) is 12.2 Å². The highest BCUT2D eigenvalue weighted by atomic mass is 16.5. The number of methoxy groups -OCH3 is 1. The van der Waals surface area contributed by atoms with E-state index in [2.05, 4.69) is 15.5 Å². The van der Waals surface area contributed by atoms with E-state index in [4.69, 9.17) is 14.6 Å². The first-order chi connectivity index (χ1) is 9.02. The van der Waals surface area contributed by atoms with E-state index in [1.54, 1.807) is 0 Å². The smallest absolute Gasteiger partial charge is 0.334 e. The van der Waals surface area contributed by atoms with Crippen molar-refractivity contribution >= 4 is 12.0 Å². The number of nitrogens with one attached hydrogen (secondary N) is 2. The zero-order chi connectivity index (χ0) is 14.3. The van der Waals surface area contributed by atoms with Crippen molar-refractivity contribution < 1.29 is 24.2 Å². The minimum absolute atomic E-state index is 0.0396. The Hall–Kier alpha value is -1.38. The second kappa shape index (κ2) is 7.93. The Labute approximate surface area is 112 Å². The molecule has 1 heterocycles. The number of carbonyl (C=O) groups excluding carboxylic acids is 1. The van der Waals surface area contributed by atoms with E-state index in [0.29, 0.717) is 13.2 Å². The number of urea groups is 1. The van der Waals surface area contributed by atoms with Crippen LogP contribution in [0, 0.1) is 0 Å². The molecule has 2 unspecified atom stereocenters. The molecule has 0 spiro atoms. The van der Waals surface area contributed by atoms with Gasteiger partial charge in [-0.2, -0.15) is 0 Å². The molecule has 0 aromatic rings. The molecular weight excluding hydrogens is 254 g/mol. The predicted octanol–water partition coefficient (Wildman–Crippen LogP) is -1.28. The summed E-state index contributed by atoms with van der Waals surface area (Å²) in [5, 5.41) is 13.8. The van der Waals surface area contributed by atoms with Crippen molar-refractivity contribution in [2.75, 3.05) is 46.9 Å². The zero-order valence-electron chi connectivity index (χ0n) is 11.2. The second-order valence-corrected chi connectivity index (χ2v) is 4.41. The molecular formula is C11H21N3O5. The number of carboxylic acids is 1. The molecule has 0 aromatic carbocycles. The summed E-state index contributed by atoms with van der Waals surface area (Å²) in [4.78, 5) is 24.3. The van der Waals surface area contributed by atoms with Gasteiger partial charge in [0.25, 0.3) is 0 Å². The van der Waals surface area contributed by atoms with Crippen LogP contribution in [0.5, 0.6) is 0 Å². The molecule has 0 aliphatic carbocycles. The fourth-order valence-corrected chi connectivity index (χ4v) is 1.72. The molecule has 3 N–H and O–H groups in total. The Morgan fingerprint density at radius 3 is 2.84 bits per heavy atom. The van der Waals surface area contributed by atoms with Gasteiger partial charge in [0.2, 0.25) is 0 Å². The quantitative estimate of drug-likeness (QED) is 0.558. The second-order valence-electron chi connectivity index (χ2n) is 4.41. The Balaban J connectivity index is 2.18. The van der Waals surface area contributed by atoms with E-state index in [-0.39, 0.29) is 12.6 Å². The van der Waals surface area contributed by atoms with Gasteiger partial charge in [0.1, 0.15) is 0 Å². The van der Waals surface area contributed by atoms with Crippen LogP contribution in [-0.2, 0) is 14.3 Å². The molecule has 1 aliphatic heterocycles. The number of carboxylic acid groups (broad SMARTS) is 1. The highest BCUT2D eigenvalue weighted by Gasteiger charge is 2.19. The molecule has 110 valence electrons. The first-order valence-corrected chi connectivity index (χ1v) is 6.10. The Kier molecular flexibility index (Phi) is 6.54.